The zero-order chi connectivity index (χ0) is 18.9. The molecule has 1 fully saturated rings. The molecule has 1 atom stereocenters. The van der Waals surface area contributed by atoms with Gasteiger partial charge in [0.05, 0.1) is 25.3 Å². The Hall–Kier alpha value is -2.87. The van der Waals surface area contributed by atoms with Gasteiger partial charge in [0.25, 0.3) is 5.91 Å². The minimum absolute atomic E-state index is 0.113. The molecule has 0 aliphatic carbocycles. The van der Waals surface area contributed by atoms with Crippen molar-refractivity contribution in [2.75, 3.05) is 38.7 Å². The predicted molar refractivity (Wildman–Crippen MR) is 100 cm³/mol. The van der Waals surface area contributed by atoms with E-state index in [-0.39, 0.29) is 12.0 Å². The van der Waals surface area contributed by atoms with E-state index >= 15 is 0 Å². The van der Waals surface area contributed by atoms with Crippen molar-refractivity contribution >= 4 is 11.9 Å². The third kappa shape index (κ3) is 5.82. The number of aromatic nitrogens is 2. The number of ether oxygens (including phenoxy) is 3. The molecule has 0 radical (unpaired) electrons. The molecule has 1 aromatic heterocycles. The molecule has 0 spiro atoms. The third-order valence-corrected chi connectivity index (χ3v) is 4.14. The van der Waals surface area contributed by atoms with E-state index < -0.39 is 0 Å². The summed E-state index contributed by atoms with van der Waals surface area (Å²) >= 11 is 0. The first-order valence-corrected chi connectivity index (χ1v) is 8.97. The molecule has 1 aliphatic rings. The van der Waals surface area contributed by atoms with Crippen molar-refractivity contribution < 1.29 is 19.0 Å². The van der Waals surface area contributed by atoms with Crippen LogP contribution in [0.5, 0.6) is 11.5 Å². The van der Waals surface area contributed by atoms with E-state index in [9.17, 15) is 4.79 Å². The number of amides is 1. The molecular weight excluding hydrogens is 348 g/mol. The SMILES string of the molecule is COc1ccc(OCCNc2ncc(C(=O)NCC3CCCO3)cn2)cc1. The molecule has 1 aliphatic heterocycles. The zero-order valence-electron chi connectivity index (χ0n) is 15.3. The number of carbonyl (C=O) groups excluding carboxylic acids is 1. The average molecular weight is 372 g/mol. The highest BCUT2D eigenvalue weighted by Gasteiger charge is 2.16. The number of anilines is 1. The molecule has 144 valence electrons. The predicted octanol–water partition coefficient (Wildman–Crippen LogP) is 1.88. The lowest BCUT2D eigenvalue weighted by molar-refractivity contribution is 0.0857. The lowest BCUT2D eigenvalue weighted by Gasteiger charge is -2.11. The second kappa shape index (κ2) is 9.72. The lowest BCUT2D eigenvalue weighted by atomic mass is 10.2. The minimum atomic E-state index is -0.195. The maximum absolute atomic E-state index is 12.1. The zero-order valence-corrected chi connectivity index (χ0v) is 15.3. The second-order valence-corrected chi connectivity index (χ2v) is 6.09. The van der Waals surface area contributed by atoms with Gasteiger partial charge in [0, 0.05) is 25.5 Å². The molecule has 0 bridgehead atoms. The van der Waals surface area contributed by atoms with Crippen molar-refractivity contribution in [3.05, 3.63) is 42.2 Å². The molecule has 3 rings (SSSR count). The molecule has 2 N–H and O–H groups in total. The third-order valence-electron chi connectivity index (χ3n) is 4.14. The Bertz CT molecular complexity index is 715. The molecule has 1 amide bonds. The van der Waals surface area contributed by atoms with Crippen molar-refractivity contribution in [3.63, 3.8) is 0 Å². The van der Waals surface area contributed by atoms with Crippen LogP contribution < -0.4 is 20.1 Å². The second-order valence-electron chi connectivity index (χ2n) is 6.09. The summed E-state index contributed by atoms with van der Waals surface area (Å²) in [5, 5.41) is 5.90. The summed E-state index contributed by atoms with van der Waals surface area (Å²) in [6.45, 7) is 2.28. The fourth-order valence-electron chi connectivity index (χ4n) is 2.65. The van der Waals surface area contributed by atoms with Gasteiger partial charge in [-0.05, 0) is 37.1 Å². The average Bonchev–Trinajstić information content (AvgIpc) is 3.24. The number of benzene rings is 1. The summed E-state index contributed by atoms with van der Waals surface area (Å²) in [6.07, 6.45) is 5.15. The summed E-state index contributed by atoms with van der Waals surface area (Å²) in [5.74, 6) is 1.80. The monoisotopic (exact) mass is 372 g/mol. The largest absolute Gasteiger partial charge is 0.497 e. The van der Waals surface area contributed by atoms with Crippen LogP contribution in [0.15, 0.2) is 36.7 Å². The van der Waals surface area contributed by atoms with Gasteiger partial charge in [-0.25, -0.2) is 9.97 Å². The Kier molecular flexibility index (Phi) is 6.81. The summed E-state index contributed by atoms with van der Waals surface area (Å²) in [6, 6.07) is 7.38. The Labute approximate surface area is 158 Å². The van der Waals surface area contributed by atoms with Gasteiger partial charge in [0.2, 0.25) is 5.95 Å². The summed E-state index contributed by atoms with van der Waals surface area (Å²) in [4.78, 5) is 20.4. The summed E-state index contributed by atoms with van der Waals surface area (Å²) in [7, 11) is 1.62. The molecule has 8 heteroatoms. The normalized spacial score (nSPS) is 16.0. The van der Waals surface area contributed by atoms with Crippen LogP contribution >= 0.6 is 0 Å². The number of methoxy groups -OCH3 is 1. The van der Waals surface area contributed by atoms with E-state index in [4.69, 9.17) is 14.2 Å². The summed E-state index contributed by atoms with van der Waals surface area (Å²) in [5.41, 5.74) is 0.424. The Morgan fingerprint density at radius 3 is 2.63 bits per heavy atom. The molecule has 27 heavy (non-hydrogen) atoms. The van der Waals surface area contributed by atoms with Crippen LogP contribution in [0.3, 0.4) is 0 Å². The first kappa shape index (κ1) is 18.9. The van der Waals surface area contributed by atoms with Crippen LogP contribution in [0.25, 0.3) is 0 Å². The first-order valence-electron chi connectivity index (χ1n) is 8.97. The van der Waals surface area contributed by atoms with E-state index in [1.807, 2.05) is 24.3 Å². The van der Waals surface area contributed by atoms with E-state index in [1.54, 1.807) is 7.11 Å². The van der Waals surface area contributed by atoms with Gasteiger partial charge in [0.15, 0.2) is 0 Å². The van der Waals surface area contributed by atoms with Crippen LogP contribution in [-0.2, 0) is 4.74 Å². The molecule has 2 heterocycles. The van der Waals surface area contributed by atoms with Gasteiger partial charge in [0.1, 0.15) is 18.1 Å². The van der Waals surface area contributed by atoms with Crippen LogP contribution in [0.4, 0.5) is 5.95 Å². The molecule has 1 saturated heterocycles. The number of nitrogens with zero attached hydrogens (tertiary/aromatic N) is 2. The number of hydrogen-bond donors (Lipinski definition) is 2. The maximum atomic E-state index is 12.1. The van der Waals surface area contributed by atoms with Gasteiger partial charge < -0.3 is 24.8 Å². The molecule has 2 aromatic rings. The number of nitrogens with one attached hydrogen (secondary N) is 2. The maximum Gasteiger partial charge on any atom is 0.254 e. The molecular formula is C19H24N4O4. The Morgan fingerprint density at radius 2 is 1.96 bits per heavy atom. The van der Waals surface area contributed by atoms with Crippen molar-refractivity contribution in [1.82, 2.24) is 15.3 Å². The van der Waals surface area contributed by atoms with E-state index in [2.05, 4.69) is 20.6 Å². The van der Waals surface area contributed by atoms with Crippen LogP contribution in [0.2, 0.25) is 0 Å². The number of hydrogen-bond acceptors (Lipinski definition) is 7. The molecule has 1 aromatic carbocycles. The highest BCUT2D eigenvalue weighted by molar-refractivity contribution is 5.93. The van der Waals surface area contributed by atoms with Crippen molar-refractivity contribution in [2.24, 2.45) is 0 Å². The Balaban J connectivity index is 1.37. The summed E-state index contributed by atoms with van der Waals surface area (Å²) < 4.78 is 16.2. The van der Waals surface area contributed by atoms with Crippen LogP contribution in [0, 0.1) is 0 Å². The topological polar surface area (TPSA) is 94.6 Å². The highest BCUT2D eigenvalue weighted by atomic mass is 16.5. The quantitative estimate of drug-likeness (QED) is 0.649. The van der Waals surface area contributed by atoms with Gasteiger partial charge in [-0.3, -0.25) is 4.79 Å². The van der Waals surface area contributed by atoms with Crippen LogP contribution in [-0.4, -0.2) is 55.4 Å². The lowest BCUT2D eigenvalue weighted by Crippen LogP contribution is -2.31. The standard InChI is InChI=1S/C19H24N4O4/c1-25-15-4-6-16(7-5-15)27-10-8-20-19-22-11-14(12-23-19)18(24)21-13-17-3-2-9-26-17/h4-7,11-12,17H,2-3,8-10,13H2,1H3,(H,21,24)(H,20,22,23). The van der Waals surface area contributed by atoms with Crippen molar-refractivity contribution in [1.29, 1.82) is 0 Å². The van der Waals surface area contributed by atoms with E-state index in [1.165, 1.54) is 12.4 Å². The van der Waals surface area contributed by atoms with Gasteiger partial charge in [-0.15, -0.1) is 0 Å². The minimum Gasteiger partial charge on any atom is -0.497 e. The first-order chi connectivity index (χ1) is 13.2. The van der Waals surface area contributed by atoms with E-state index in [0.717, 1.165) is 30.9 Å². The smallest absolute Gasteiger partial charge is 0.254 e. The van der Waals surface area contributed by atoms with Crippen LogP contribution in [0.1, 0.15) is 23.2 Å². The number of rotatable bonds is 9. The molecule has 1 unspecified atom stereocenters. The molecule has 0 saturated carbocycles. The fraction of sp³-hybridized carbons (Fsp3) is 0.421. The van der Waals surface area contributed by atoms with Gasteiger partial charge >= 0.3 is 0 Å². The molecule has 8 nitrogen and oxygen atoms in total. The van der Waals surface area contributed by atoms with Gasteiger partial charge in [-0.2, -0.15) is 0 Å². The van der Waals surface area contributed by atoms with Crippen molar-refractivity contribution in [2.45, 2.75) is 18.9 Å². The Morgan fingerprint density at radius 1 is 1.22 bits per heavy atom. The number of carbonyl (C=O) groups is 1. The fourth-order valence-corrected chi connectivity index (χ4v) is 2.65. The van der Waals surface area contributed by atoms with E-state index in [0.29, 0.717) is 31.2 Å². The van der Waals surface area contributed by atoms with Gasteiger partial charge in [-0.1, -0.05) is 0 Å². The van der Waals surface area contributed by atoms with Crippen molar-refractivity contribution in [3.8, 4) is 11.5 Å². The highest BCUT2D eigenvalue weighted by Crippen LogP contribution is 2.16.